The molecule has 0 saturated heterocycles. The Labute approximate surface area is 197 Å². The van der Waals surface area contributed by atoms with Crippen LogP contribution in [-0.2, 0) is 29.2 Å². The summed E-state index contributed by atoms with van der Waals surface area (Å²) in [5.74, 6) is -0.102. The molecule has 6 nitrogen and oxygen atoms in total. The van der Waals surface area contributed by atoms with E-state index in [0.717, 1.165) is 24.8 Å². The first-order valence-corrected chi connectivity index (χ1v) is 11.5. The van der Waals surface area contributed by atoms with Crippen molar-refractivity contribution < 1.29 is 13.9 Å². The minimum absolute atomic E-state index is 0.181. The summed E-state index contributed by atoms with van der Waals surface area (Å²) in [6.45, 7) is 7.60. The quantitative estimate of drug-likeness (QED) is 0.221. The van der Waals surface area contributed by atoms with Gasteiger partial charge in [-0.15, -0.1) is 0 Å². The molecule has 0 bridgehead atoms. The van der Waals surface area contributed by atoms with E-state index in [2.05, 4.69) is 71.3 Å². The summed E-state index contributed by atoms with van der Waals surface area (Å²) < 4.78 is 29.3. The highest BCUT2D eigenvalue weighted by Crippen LogP contribution is 2.33. The van der Waals surface area contributed by atoms with Crippen molar-refractivity contribution >= 4 is 51.1 Å². The molecule has 2 aromatic rings. The van der Waals surface area contributed by atoms with E-state index in [1.807, 2.05) is 10.7 Å². The van der Waals surface area contributed by atoms with Crippen molar-refractivity contribution in [2.24, 2.45) is 5.41 Å². The molecule has 0 spiro atoms. The third kappa shape index (κ3) is 4.93. The lowest BCUT2D eigenvalue weighted by molar-refractivity contribution is 0.108. The van der Waals surface area contributed by atoms with Crippen LogP contribution in [0.1, 0.15) is 32.0 Å². The molecule has 0 saturated carbocycles. The van der Waals surface area contributed by atoms with Gasteiger partial charge in [0.25, 0.3) is 0 Å². The summed E-state index contributed by atoms with van der Waals surface area (Å²) in [4.78, 5) is 0. The van der Waals surface area contributed by atoms with Gasteiger partial charge in [0, 0.05) is 30.4 Å². The predicted molar refractivity (Wildman–Crippen MR) is 128 cm³/mol. The van der Waals surface area contributed by atoms with Gasteiger partial charge in [0.1, 0.15) is 11.5 Å². The number of nitrogens with one attached hydrogen (secondary N) is 2. The predicted octanol–water partition coefficient (Wildman–Crippen LogP) is 4.56. The maximum absolute atomic E-state index is 14.8. The largest absolute Gasteiger partial charge is 0.483 e. The van der Waals surface area contributed by atoms with E-state index in [4.69, 9.17) is 20.0 Å². The Bertz CT molecular complexity index is 924. The first-order valence-electron chi connectivity index (χ1n) is 9.30. The second-order valence-electron chi connectivity index (χ2n) is 8.05. The van der Waals surface area contributed by atoms with Crippen molar-refractivity contribution in [3.8, 4) is 11.3 Å². The molecule has 29 heavy (non-hydrogen) atoms. The molecule has 1 aliphatic heterocycles. The molecule has 3 rings (SSSR count). The molecule has 2 N–H and O–H groups in total. The van der Waals surface area contributed by atoms with E-state index < -0.39 is 0 Å². The minimum Gasteiger partial charge on any atom is -0.483 e. The molecule has 1 aliphatic rings. The molecule has 1 aromatic heterocycles. The molecular formula is C20H25FI2N4O2. The zero-order valence-electron chi connectivity index (χ0n) is 16.9. The smallest absolute Gasteiger partial charge is 0.198 e. The zero-order valence-corrected chi connectivity index (χ0v) is 21.2. The Morgan fingerprint density at radius 3 is 2.72 bits per heavy atom. The van der Waals surface area contributed by atoms with E-state index in [1.165, 1.54) is 7.11 Å². The highest BCUT2D eigenvalue weighted by Gasteiger charge is 2.30. The Kier molecular flexibility index (Phi) is 7.22. The number of rotatable bonds is 5. The van der Waals surface area contributed by atoms with Crippen LogP contribution in [0, 0.1) is 23.8 Å². The van der Waals surface area contributed by atoms with E-state index in [9.17, 15) is 4.39 Å². The Balaban J connectivity index is 1.97. The van der Waals surface area contributed by atoms with Crippen LogP contribution in [0.25, 0.3) is 11.3 Å². The summed E-state index contributed by atoms with van der Waals surface area (Å²) in [6, 6.07) is 3.11. The van der Waals surface area contributed by atoms with Gasteiger partial charge in [-0.2, -0.15) is 5.10 Å². The maximum Gasteiger partial charge on any atom is 0.198 e. The first kappa shape index (κ1) is 22.9. The van der Waals surface area contributed by atoms with E-state index in [0.29, 0.717) is 31.1 Å². The Morgan fingerprint density at radius 2 is 2.07 bits per heavy atom. The monoisotopic (exact) mass is 626 g/mol. The van der Waals surface area contributed by atoms with Crippen LogP contribution in [0.3, 0.4) is 0 Å². The maximum atomic E-state index is 14.8. The Morgan fingerprint density at radius 1 is 1.38 bits per heavy atom. The lowest BCUT2D eigenvalue weighted by atomic mass is 9.86. The zero-order chi connectivity index (χ0) is 21.3. The van der Waals surface area contributed by atoms with Crippen LogP contribution >= 0.6 is 45.2 Å². The van der Waals surface area contributed by atoms with Gasteiger partial charge in [-0.1, -0.05) is 20.8 Å². The number of halogens is 3. The van der Waals surface area contributed by atoms with Crippen LogP contribution < -0.4 is 5.32 Å². The summed E-state index contributed by atoms with van der Waals surface area (Å²) in [5.41, 5.74) is 2.89. The van der Waals surface area contributed by atoms with E-state index in [1.54, 1.807) is 6.07 Å². The molecule has 0 radical (unpaired) electrons. The number of hydrogen-bond acceptors (Lipinski definition) is 5. The standard InChI is InChI=1S/C20H25FI2N4O2/c1-20(2,3)18(19(24)28-4)25-10-27-16-5-6-29-9-12(16)17(26-27)11-7-14(22)15(23)8-13(11)21/h7-8,18,24-25H,5-6,9-10H2,1-4H3/t18-/m1/s1. The molecule has 0 unspecified atom stereocenters. The number of methoxy groups -OCH3 is 1. The summed E-state index contributed by atoms with van der Waals surface area (Å²) in [6.07, 6.45) is 0.717. The number of benzene rings is 1. The molecule has 1 atom stereocenters. The molecule has 1 aromatic carbocycles. The number of hydrogen-bond donors (Lipinski definition) is 2. The fraction of sp³-hybridized carbons (Fsp3) is 0.500. The Hall–Kier alpha value is -0.790. The highest BCUT2D eigenvalue weighted by atomic mass is 127. The van der Waals surface area contributed by atoms with Gasteiger partial charge in [0.05, 0.1) is 33.0 Å². The molecule has 0 aliphatic carbocycles. The van der Waals surface area contributed by atoms with Crippen LogP contribution in [0.5, 0.6) is 0 Å². The third-order valence-electron chi connectivity index (χ3n) is 4.95. The molecule has 9 heteroatoms. The first-order chi connectivity index (χ1) is 13.6. The molecule has 158 valence electrons. The van der Waals surface area contributed by atoms with Crippen molar-refractivity contribution in [1.82, 2.24) is 15.1 Å². The van der Waals surface area contributed by atoms with Crippen LogP contribution in [0.15, 0.2) is 12.1 Å². The average Bonchev–Trinajstić information content (AvgIpc) is 3.02. The van der Waals surface area contributed by atoms with Crippen molar-refractivity contribution in [3.05, 3.63) is 36.3 Å². The number of aromatic nitrogens is 2. The van der Waals surface area contributed by atoms with Crippen LogP contribution in [0.2, 0.25) is 0 Å². The van der Waals surface area contributed by atoms with Crippen molar-refractivity contribution in [1.29, 1.82) is 5.41 Å². The van der Waals surface area contributed by atoms with E-state index in [-0.39, 0.29) is 23.2 Å². The summed E-state index contributed by atoms with van der Waals surface area (Å²) in [7, 11) is 1.51. The van der Waals surface area contributed by atoms with Gasteiger partial charge in [-0.05, 0) is 62.7 Å². The fourth-order valence-corrected chi connectivity index (χ4v) is 4.34. The summed E-state index contributed by atoms with van der Waals surface area (Å²) >= 11 is 4.34. The number of ether oxygens (including phenoxy) is 2. The van der Waals surface area contributed by atoms with Gasteiger partial charge < -0.3 is 9.47 Å². The SMILES string of the molecule is COC(=N)[C@@H](NCn1nc(-c2cc(I)c(I)cc2F)c2c1CCOC2)C(C)(C)C. The second-order valence-corrected chi connectivity index (χ2v) is 10.4. The van der Waals surface area contributed by atoms with Gasteiger partial charge in [0.2, 0.25) is 0 Å². The van der Waals surface area contributed by atoms with Gasteiger partial charge in [-0.3, -0.25) is 15.4 Å². The lowest BCUT2D eigenvalue weighted by Crippen LogP contribution is -2.47. The third-order valence-corrected chi connectivity index (χ3v) is 7.77. The number of nitrogens with zero attached hydrogens (tertiary/aromatic N) is 2. The normalized spacial score (nSPS) is 15.1. The second kappa shape index (κ2) is 9.15. The molecule has 0 amide bonds. The molecular weight excluding hydrogens is 601 g/mol. The van der Waals surface area contributed by atoms with Crippen LogP contribution in [0.4, 0.5) is 4.39 Å². The highest BCUT2D eigenvalue weighted by molar-refractivity contribution is 14.1. The lowest BCUT2D eigenvalue weighted by Gasteiger charge is -2.31. The molecule has 2 heterocycles. The minimum atomic E-state index is -0.283. The summed E-state index contributed by atoms with van der Waals surface area (Å²) in [5, 5.41) is 16.3. The van der Waals surface area contributed by atoms with Crippen molar-refractivity contribution in [2.45, 2.75) is 46.5 Å². The topological polar surface area (TPSA) is 72.2 Å². The van der Waals surface area contributed by atoms with E-state index >= 15 is 0 Å². The van der Waals surface area contributed by atoms with Gasteiger partial charge in [-0.25, -0.2) is 4.39 Å². The van der Waals surface area contributed by atoms with Crippen molar-refractivity contribution in [3.63, 3.8) is 0 Å². The van der Waals surface area contributed by atoms with Gasteiger partial charge >= 0.3 is 0 Å². The van der Waals surface area contributed by atoms with Crippen LogP contribution in [-0.4, -0.2) is 35.4 Å². The fourth-order valence-electron chi connectivity index (χ4n) is 3.45. The molecule has 0 fully saturated rings. The number of fused-ring (bicyclic) bond motifs is 1. The van der Waals surface area contributed by atoms with Gasteiger partial charge in [0.15, 0.2) is 5.90 Å². The average molecular weight is 626 g/mol. The van der Waals surface area contributed by atoms with Crippen molar-refractivity contribution in [2.75, 3.05) is 13.7 Å².